The molecule has 3 aromatic rings. The number of aromatic amines is 1. The summed E-state index contributed by atoms with van der Waals surface area (Å²) < 4.78 is 0. The number of benzene rings is 1. The van der Waals surface area contributed by atoms with Crippen molar-refractivity contribution >= 4 is 17.5 Å². The lowest BCUT2D eigenvalue weighted by molar-refractivity contribution is -0.137. The number of amides is 2. The van der Waals surface area contributed by atoms with Gasteiger partial charge in [0.25, 0.3) is 5.91 Å². The molecule has 2 saturated heterocycles. The molecule has 2 aromatic heterocycles. The number of nitrogens with one attached hydrogen (secondary N) is 1. The van der Waals surface area contributed by atoms with Crippen molar-refractivity contribution in [3.63, 3.8) is 0 Å². The predicted octanol–water partition coefficient (Wildman–Crippen LogP) is 3.29. The van der Waals surface area contributed by atoms with Crippen LogP contribution in [0.1, 0.15) is 34.5 Å². The summed E-state index contributed by atoms with van der Waals surface area (Å²) in [5.41, 5.74) is 5.84. The summed E-state index contributed by atoms with van der Waals surface area (Å²) in [6, 6.07) is 11.9. The summed E-state index contributed by atoms with van der Waals surface area (Å²) in [4.78, 5) is 36.8. The van der Waals surface area contributed by atoms with E-state index < -0.39 is 0 Å². The quantitative estimate of drug-likeness (QED) is 0.630. The molecule has 2 aliphatic rings. The Labute approximate surface area is 205 Å². The normalized spacial score (nSPS) is 18.6. The van der Waals surface area contributed by atoms with Gasteiger partial charge in [0.15, 0.2) is 0 Å². The zero-order valence-electron chi connectivity index (χ0n) is 20.4. The van der Waals surface area contributed by atoms with Gasteiger partial charge in [0.05, 0.1) is 11.6 Å². The fraction of sp³-hybridized carbons (Fsp3) is 0.407. The number of anilines is 1. The van der Waals surface area contributed by atoms with E-state index in [1.165, 1.54) is 16.8 Å². The monoisotopic (exact) mass is 472 g/mol. The van der Waals surface area contributed by atoms with E-state index in [2.05, 4.69) is 52.1 Å². The second kappa shape index (κ2) is 9.90. The molecule has 5 rings (SSSR count). The van der Waals surface area contributed by atoms with Gasteiger partial charge in [-0.25, -0.2) is 0 Å². The van der Waals surface area contributed by atoms with Gasteiger partial charge in [0.1, 0.15) is 5.69 Å². The van der Waals surface area contributed by atoms with Crippen LogP contribution in [0.4, 0.5) is 5.69 Å². The number of nitrogens with zero attached hydrogens (tertiary/aromatic N) is 5. The molecule has 0 saturated carbocycles. The van der Waals surface area contributed by atoms with Gasteiger partial charge in [0, 0.05) is 62.9 Å². The molecule has 1 N–H and O–H groups in total. The van der Waals surface area contributed by atoms with Crippen molar-refractivity contribution in [1.82, 2.24) is 25.0 Å². The van der Waals surface area contributed by atoms with Gasteiger partial charge in [-0.15, -0.1) is 0 Å². The van der Waals surface area contributed by atoms with E-state index in [0.29, 0.717) is 37.6 Å². The fourth-order valence-electron chi connectivity index (χ4n) is 5.13. The van der Waals surface area contributed by atoms with Gasteiger partial charge in [0.2, 0.25) is 5.91 Å². The highest BCUT2D eigenvalue weighted by atomic mass is 16.2. The number of hydrogen-bond acceptors (Lipinski definition) is 5. The van der Waals surface area contributed by atoms with E-state index in [4.69, 9.17) is 0 Å². The van der Waals surface area contributed by atoms with Crippen molar-refractivity contribution in [3.8, 4) is 11.3 Å². The number of aromatic nitrogens is 3. The van der Waals surface area contributed by atoms with Crippen molar-refractivity contribution < 1.29 is 9.59 Å². The number of aryl methyl sites for hydroxylation is 1. The molecule has 0 spiro atoms. The van der Waals surface area contributed by atoms with Crippen LogP contribution in [0.25, 0.3) is 11.3 Å². The van der Waals surface area contributed by atoms with Crippen LogP contribution < -0.4 is 4.90 Å². The average molecular weight is 473 g/mol. The molecule has 8 heteroatoms. The topological polar surface area (TPSA) is 85.4 Å². The van der Waals surface area contributed by atoms with Crippen molar-refractivity contribution in [2.45, 2.75) is 26.7 Å². The van der Waals surface area contributed by atoms with Crippen LogP contribution in [0.15, 0.2) is 48.8 Å². The van der Waals surface area contributed by atoms with Gasteiger partial charge in [-0.1, -0.05) is 12.1 Å². The van der Waals surface area contributed by atoms with Crippen molar-refractivity contribution in [1.29, 1.82) is 0 Å². The lowest BCUT2D eigenvalue weighted by Gasteiger charge is -2.40. The summed E-state index contributed by atoms with van der Waals surface area (Å²) >= 11 is 0. The van der Waals surface area contributed by atoms with Crippen LogP contribution >= 0.6 is 0 Å². The van der Waals surface area contributed by atoms with Crippen LogP contribution in [0.3, 0.4) is 0 Å². The number of carbonyl (C=O) groups is 2. The summed E-state index contributed by atoms with van der Waals surface area (Å²) in [6.45, 7) is 8.50. The molecular weight excluding hydrogens is 440 g/mol. The number of hydrogen-bond donors (Lipinski definition) is 1. The lowest BCUT2D eigenvalue weighted by atomic mass is 9.95. The first-order chi connectivity index (χ1) is 17.0. The van der Waals surface area contributed by atoms with E-state index in [0.717, 1.165) is 31.5 Å². The first kappa shape index (κ1) is 23.1. The zero-order valence-corrected chi connectivity index (χ0v) is 20.4. The molecular formula is C27H32N6O2. The summed E-state index contributed by atoms with van der Waals surface area (Å²) in [5, 5.41) is 7.15. The Morgan fingerprint density at radius 3 is 2.60 bits per heavy atom. The standard InChI is InChI=1S/C27H32N6O2/c1-19-6-3-9-25(20(19)2)31-12-14-32(15-13-31)26(34)22-8-5-11-33(18-22)27(35)24-16-23(29-30-24)21-7-4-10-28-17-21/h3-4,6-7,9-10,16-17,22H,5,8,11-15,18H2,1-2H3,(H,29,30)/t22-/m0/s1. The number of rotatable bonds is 4. The largest absolute Gasteiger partial charge is 0.368 e. The van der Waals surface area contributed by atoms with Gasteiger partial charge >= 0.3 is 0 Å². The number of carbonyl (C=O) groups excluding carboxylic acids is 2. The highest BCUT2D eigenvalue weighted by molar-refractivity contribution is 5.94. The molecule has 1 aromatic carbocycles. The zero-order chi connectivity index (χ0) is 24.4. The highest BCUT2D eigenvalue weighted by Gasteiger charge is 2.33. The third-order valence-corrected chi connectivity index (χ3v) is 7.33. The molecule has 2 fully saturated rings. The third kappa shape index (κ3) is 4.78. The summed E-state index contributed by atoms with van der Waals surface area (Å²) in [7, 11) is 0. The minimum absolute atomic E-state index is 0.107. The molecule has 0 aliphatic carbocycles. The van der Waals surface area contributed by atoms with Gasteiger partial charge in [-0.3, -0.25) is 19.7 Å². The maximum absolute atomic E-state index is 13.4. The molecule has 4 heterocycles. The first-order valence-electron chi connectivity index (χ1n) is 12.4. The second-order valence-corrected chi connectivity index (χ2v) is 9.53. The van der Waals surface area contributed by atoms with Crippen LogP contribution in [0.5, 0.6) is 0 Å². The molecule has 182 valence electrons. The lowest BCUT2D eigenvalue weighted by Crippen LogP contribution is -2.53. The third-order valence-electron chi connectivity index (χ3n) is 7.33. The Morgan fingerprint density at radius 2 is 1.83 bits per heavy atom. The number of pyridine rings is 1. The molecule has 8 nitrogen and oxygen atoms in total. The molecule has 1 atom stereocenters. The SMILES string of the molecule is Cc1cccc(N2CCN(C(=O)[C@H]3CCCN(C(=O)c4cc(-c5cccnc5)n[nH]4)C3)CC2)c1C. The molecule has 0 radical (unpaired) electrons. The van der Waals surface area contributed by atoms with Gasteiger partial charge < -0.3 is 14.7 Å². The van der Waals surface area contributed by atoms with Crippen LogP contribution in [-0.4, -0.2) is 76.1 Å². The van der Waals surface area contributed by atoms with Crippen molar-refractivity contribution in [3.05, 3.63) is 65.6 Å². The fourth-order valence-corrected chi connectivity index (χ4v) is 5.13. The number of H-pyrrole nitrogens is 1. The van der Waals surface area contributed by atoms with Crippen LogP contribution in [0, 0.1) is 19.8 Å². The van der Waals surface area contributed by atoms with E-state index >= 15 is 0 Å². The second-order valence-electron chi connectivity index (χ2n) is 9.53. The van der Waals surface area contributed by atoms with E-state index in [1.807, 2.05) is 17.0 Å². The Balaban J connectivity index is 1.19. The maximum Gasteiger partial charge on any atom is 0.271 e. The molecule has 35 heavy (non-hydrogen) atoms. The van der Waals surface area contributed by atoms with Crippen LogP contribution in [-0.2, 0) is 4.79 Å². The minimum Gasteiger partial charge on any atom is -0.368 e. The minimum atomic E-state index is -0.152. The predicted molar refractivity (Wildman–Crippen MR) is 135 cm³/mol. The summed E-state index contributed by atoms with van der Waals surface area (Å²) in [6.07, 6.45) is 5.08. The Bertz CT molecular complexity index is 1200. The van der Waals surface area contributed by atoms with Gasteiger partial charge in [-0.05, 0) is 62.1 Å². The molecule has 0 bridgehead atoms. The molecule has 0 unspecified atom stereocenters. The number of piperazine rings is 1. The van der Waals surface area contributed by atoms with E-state index in [-0.39, 0.29) is 17.7 Å². The Morgan fingerprint density at radius 1 is 1.00 bits per heavy atom. The highest BCUT2D eigenvalue weighted by Crippen LogP contribution is 2.26. The summed E-state index contributed by atoms with van der Waals surface area (Å²) in [5.74, 6) is -0.0886. The van der Waals surface area contributed by atoms with E-state index in [9.17, 15) is 9.59 Å². The first-order valence-corrected chi connectivity index (χ1v) is 12.4. The van der Waals surface area contributed by atoms with Crippen molar-refractivity contribution in [2.75, 3.05) is 44.2 Å². The molecule has 2 amide bonds. The smallest absolute Gasteiger partial charge is 0.271 e. The van der Waals surface area contributed by atoms with Crippen molar-refractivity contribution in [2.24, 2.45) is 5.92 Å². The molecule has 2 aliphatic heterocycles. The Hall–Kier alpha value is -3.68. The van der Waals surface area contributed by atoms with Crippen LogP contribution in [0.2, 0.25) is 0 Å². The Kier molecular flexibility index (Phi) is 6.53. The maximum atomic E-state index is 13.4. The average Bonchev–Trinajstić information content (AvgIpc) is 3.41. The van der Waals surface area contributed by atoms with E-state index in [1.54, 1.807) is 23.4 Å². The number of likely N-dealkylation sites (tertiary alicyclic amines) is 1. The van der Waals surface area contributed by atoms with Gasteiger partial charge in [-0.2, -0.15) is 5.10 Å². The number of piperidine rings is 1.